The molecule has 7 heteroatoms. The van der Waals surface area contributed by atoms with Gasteiger partial charge in [0.05, 0.1) is 31.3 Å². The fourth-order valence-electron chi connectivity index (χ4n) is 6.12. The molecule has 1 aliphatic carbocycles. The molecule has 2 aliphatic heterocycles. The SMILES string of the molecule is CO[C@H]1C(C2(C)OC2CC=C(C)C)[C@]2(CC[C@H]1OC(=O)/C=C/c1ccc(Oc3ccc(COC(C)C)cc3)cc1)CO2. The number of ether oxygens (including phenoxy) is 6. The molecule has 1 spiro atoms. The van der Waals surface area contributed by atoms with Gasteiger partial charge in [0.2, 0.25) is 0 Å². The van der Waals surface area contributed by atoms with Gasteiger partial charge in [0, 0.05) is 13.2 Å². The summed E-state index contributed by atoms with van der Waals surface area (Å²) in [5.41, 5.74) is 2.63. The molecule has 5 rings (SSSR count). The Morgan fingerprint density at radius 3 is 2.33 bits per heavy atom. The van der Waals surface area contributed by atoms with Gasteiger partial charge >= 0.3 is 5.97 Å². The third-order valence-corrected chi connectivity index (χ3v) is 8.54. The first-order valence-electron chi connectivity index (χ1n) is 15.0. The molecule has 42 heavy (non-hydrogen) atoms. The number of epoxide rings is 2. The minimum absolute atomic E-state index is 0.00166. The molecule has 0 amide bonds. The monoisotopic (exact) mass is 576 g/mol. The van der Waals surface area contributed by atoms with E-state index >= 15 is 0 Å². The van der Waals surface area contributed by atoms with E-state index in [1.54, 1.807) is 13.2 Å². The van der Waals surface area contributed by atoms with Crippen LogP contribution in [0.5, 0.6) is 11.5 Å². The highest BCUT2D eigenvalue weighted by Gasteiger charge is 2.72. The van der Waals surface area contributed by atoms with Crippen molar-refractivity contribution in [3.63, 3.8) is 0 Å². The lowest BCUT2D eigenvalue weighted by atomic mass is 9.68. The summed E-state index contributed by atoms with van der Waals surface area (Å²) in [4.78, 5) is 12.9. The van der Waals surface area contributed by atoms with E-state index in [4.69, 9.17) is 28.4 Å². The van der Waals surface area contributed by atoms with Gasteiger partial charge in [-0.15, -0.1) is 0 Å². The molecular weight excluding hydrogens is 532 g/mol. The normalized spacial score (nSPS) is 30.0. The molecule has 0 aromatic heterocycles. The lowest BCUT2D eigenvalue weighted by Crippen LogP contribution is -2.55. The van der Waals surface area contributed by atoms with Gasteiger partial charge in [-0.2, -0.15) is 0 Å². The number of carbonyl (C=O) groups is 1. The number of carbonyl (C=O) groups excluding carboxylic acids is 1. The number of rotatable bonds is 12. The van der Waals surface area contributed by atoms with Crippen LogP contribution in [0.2, 0.25) is 0 Å². The van der Waals surface area contributed by atoms with E-state index in [-0.39, 0.29) is 41.5 Å². The van der Waals surface area contributed by atoms with Crippen LogP contribution in [-0.2, 0) is 35.1 Å². The van der Waals surface area contributed by atoms with E-state index in [0.29, 0.717) is 25.4 Å². The van der Waals surface area contributed by atoms with Gasteiger partial charge in [-0.1, -0.05) is 35.9 Å². The molecule has 3 unspecified atom stereocenters. The fraction of sp³-hybridized carbons (Fsp3) is 0.514. The largest absolute Gasteiger partial charge is 0.457 e. The maximum atomic E-state index is 12.9. The Kier molecular flexibility index (Phi) is 9.23. The summed E-state index contributed by atoms with van der Waals surface area (Å²) in [5, 5.41) is 0. The lowest BCUT2D eigenvalue weighted by Gasteiger charge is -2.42. The zero-order valence-electron chi connectivity index (χ0n) is 25.6. The first kappa shape index (κ1) is 30.5. The van der Waals surface area contributed by atoms with Crippen LogP contribution in [0.4, 0.5) is 0 Å². The smallest absolute Gasteiger partial charge is 0.331 e. The molecule has 2 saturated heterocycles. The fourth-order valence-corrected chi connectivity index (χ4v) is 6.12. The Balaban J connectivity index is 1.16. The summed E-state index contributed by atoms with van der Waals surface area (Å²) >= 11 is 0. The van der Waals surface area contributed by atoms with E-state index in [2.05, 4.69) is 26.8 Å². The van der Waals surface area contributed by atoms with Crippen LogP contribution in [0, 0.1) is 5.92 Å². The predicted molar refractivity (Wildman–Crippen MR) is 161 cm³/mol. The zero-order valence-corrected chi connectivity index (χ0v) is 25.6. The van der Waals surface area contributed by atoms with Crippen molar-refractivity contribution in [1.29, 1.82) is 0 Å². The van der Waals surface area contributed by atoms with Gasteiger partial charge < -0.3 is 28.4 Å². The van der Waals surface area contributed by atoms with E-state index < -0.39 is 5.97 Å². The molecular formula is C35H44O7. The maximum Gasteiger partial charge on any atom is 0.331 e. The summed E-state index contributed by atoms with van der Waals surface area (Å²) < 4.78 is 35.8. The van der Waals surface area contributed by atoms with Crippen LogP contribution in [-0.4, -0.2) is 55.3 Å². The van der Waals surface area contributed by atoms with E-state index in [9.17, 15) is 4.79 Å². The first-order chi connectivity index (χ1) is 20.1. The van der Waals surface area contributed by atoms with Gasteiger partial charge in [-0.05, 0) is 95.3 Å². The van der Waals surface area contributed by atoms with Crippen LogP contribution < -0.4 is 4.74 Å². The van der Waals surface area contributed by atoms with Crippen LogP contribution >= 0.6 is 0 Å². The van der Waals surface area contributed by atoms with Crippen molar-refractivity contribution < 1.29 is 33.2 Å². The van der Waals surface area contributed by atoms with E-state index in [1.165, 1.54) is 11.6 Å². The predicted octanol–water partition coefficient (Wildman–Crippen LogP) is 7.04. The van der Waals surface area contributed by atoms with Crippen molar-refractivity contribution in [2.75, 3.05) is 13.7 Å². The highest BCUT2D eigenvalue weighted by Crippen LogP contribution is 2.59. The van der Waals surface area contributed by atoms with Crippen LogP contribution in [0.15, 0.2) is 66.3 Å². The number of methoxy groups -OCH3 is 1. The van der Waals surface area contributed by atoms with E-state index in [0.717, 1.165) is 29.7 Å². The van der Waals surface area contributed by atoms with Crippen molar-refractivity contribution in [3.8, 4) is 11.5 Å². The second-order valence-electron chi connectivity index (χ2n) is 12.4. The van der Waals surface area contributed by atoms with Crippen LogP contribution in [0.25, 0.3) is 6.08 Å². The number of hydrogen-bond donors (Lipinski definition) is 0. The molecule has 2 aromatic rings. The van der Waals surface area contributed by atoms with Crippen molar-refractivity contribution in [1.82, 2.24) is 0 Å². The molecule has 0 bridgehead atoms. The third kappa shape index (κ3) is 7.14. The van der Waals surface area contributed by atoms with Gasteiger partial charge in [-0.25, -0.2) is 4.79 Å². The quantitative estimate of drug-likeness (QED) is 0.116. The summed E-state index contributed by atoms with van der Waals surface area (Å²) in [6.07, 6.45) is 7.46. The van der Waals surface area contributed by atoms with Crippen LogP contribution in [0.1, 0.15) is 65.0 Å². The van der Waals surface area contributed by atoms with Crippen molar-refractivity contribution in [2.45, 2.75) is 96.1 Å². The molecule has 0 radical (unpaired) electrons. The minimum Gasteiger partial charge on any atom is -0.457 e. The topological polar surface area (TPSA) is 79.1 Å². The molecule has 3 fully saturated rings. The van der Waals surface area contributed by atoms with Crippen molar-refractivity contribution in [3.05, 3.63) is 77.4 Å². The Morgan fingerprint density at radius 1 is 1.07 bits per heavy atom. The zero-order chi connectivity index (χ0) is 29.9. The highest BCUT2D eigenvalue weighted by atomic mass is 16.6. The van der Waals surface area contributed by atoms with Gasteiger partial charge in [0.1, 0.15) is 34.9 Å². The lowest BCUT2D eigenvalue weighted by molar-refractivity contribution is -0.166. The highest BCUT2D eigenvalue weighted by molar-refractivity contribution is 5.87. The molecule has 3 aliphatic rings. The first-order valence-corrected chi connectivity index (χ1v) is 15.0. The average molecular weight is 577 g/mol. The standard InChI is InChI=1S/C35H44O7/c1-23(2)7-17-30-34(5,42-30)33-32(37-6)29(19-20-35(33)22-39-35)41-31(36)18-12-25-8-13-27(14-9-25)40-28-15-10-26(11-16-28)21-38-24(3)4/h7-16,18,24,29-30,32-33H,17,19-22H2,1-6H3/b18-12+/t29-,30?,32-,33?,34?,35+/m1/s1. The number of allylic oxidation sites excluding steroid dienone is 1. The molecule has 0 N–H and O–H groups in total. The van der Waals surface area contributed by atoms with Gasteiger partial charge in [-0.3, -0.25) is 0 Å². The molecule has 7 nitrogen and oxygen atoms in total. The Labute approximate surface area is 249 Å². The molecule has 6 atom stereocenters. The summed E-state index contributed by atoms with van der Waals surface area (Å²) in [5.74, 6) is 1.07. The van der Waals surface area contributed by atoms with Crippen molar-refractivity contribution in [2.24, 2.45) is 5.92 Å². The molecule has 2 aromatic carbocycles. The van der Waals surface area contributed by atoms with E-state index in [1.807, 2.05) is 62.4 Å². The number of hydrogen-bond acceptors (Lipinski definition) is 7. The molecule has 226 valence electrons. The second kappa shape index (κ2) is 12.7. The second-order valence-corrected chi connectivity index (χ2v) is 12.4. The number of benzene rings is 2. The van der Waals surface area contributed by atoms with Crippen LogP contribution in [0.3, 0.4) is 0 Å². The summed E-state index contributed by atoms with van der Waals surface area (Å²) in [6, 6.07) is 15.4. The van der Waals surface area contributed by atoms with Crippen molar-refractivity contribution >= 4 is 12.0 Å². The Bertz CT molecular complexity index is 1270. The Hall–Kier alpha value is -2.97. The average Bonchev–Trinajstić information content (AvgIpc) is 3.88. The molecule has 2 heterocycles. The summed E-state index contributed by atoms with van der Waals surface area (Å²) in [6.45, 7) is 11.7. The summed E-state index contributed by atoms with van der Waals surface area (Å²) in [7, 11) is 1.69. The third-order valence-electron chi connectivity index (χ3n) is 8.54. The van der Waals surface area contributed by atoms with Gasteiger partial charge in [0.25, 0.3) is 0 Å². The number of esters is 1. The molecule has 1 saturated carbocycles. The Morgan fingerprint density at radius 2 is 1.74 bits per heavy atom. The minimum atomic E-state index is -0.390. The maximum absolute atomic E-state index is 12.9. The van der Waals surface area contributed by atoms with Gasteiger partial charge in [0.15, 0.2) is 0 Å².